The lowest BCUT2D eigenvalue weighted by atomic mass is 9.98. The first-order chi connectivity index (χ1) is 9.30. The molecule has 2 saturated heterocycles. The molecule has 0 bridgehead atoms. The van der Waals surface area contributed by atoms with Crippen molar-refractivity contribution < 1.29 is 4.74 Å². The molecule has 3 fully saturated rings. The summed E-state index contributed by atoms with van der Waals surface area (Å²) in [6.07, 6.45) is 11.2. The summed E-state index contributed by atoms with van der Waals surface area (Å²) in [7, 11) is 0. The van der Waals surface area contributed by atoms with E-state index in [9.17, 15) is 0 Å². The summed E-state index contributed by atoms with van der Waals surface area (Å²) in [6.45, 7) is 6.98. The minimum Gasteiger partial charge on any atom is -0.370 e. The molecule has 110 valence electrons. The molecule has 1 spiro atoms. The fraction of sp³-hybridized carbons (Fsp3) is 1.00. The maximum atomic E-state index is 6.45. The van der Waals surface area contributed by atoms with Gasteiger partial charge in [0.1, 0.15) is 0 Å². The van der Waals surface area contributed by atoms with Crippen molar-refractivity contribution in [2.24, 2.45) is 0 Å². The van der Waals surface area contributed by atoms with Crippen LogP contribution in [-0.4, -0.2) is 48.8 Å². The van der Waals surface area contributed by atoms with Gasteiger partial charge in [0.25, 0.3) is 0 Å². The summed E-state index contributed by atoms with van der Waals surface area (Å²) in [5.41, 5.74) is 0.307. The first-order valence-electron chi connectivity index (χ1n) is 8.43. The van der Waals surface area contributed by atoms with Gasteiger partial charge in [-0.1, -0.05) is 19.8 Å². The molecule has 0 amide bonds. The van der Waals surface area contributed by atoms with Crippen molar-refractivity contribution in [2.75, 3.05) is 26.2 Å². The molecule has 3 rings (SSSR count). The third kappa shape index (κ3) is 3.32. The highest BCUT2D eigenvalue weighted by atomic mass is 16.5. The zero-order chi connectivity index (χ0) is 13.1. The van der Waals surface area contributed by atoms with Crippen LogP contribution >= 0.6 is 0 Å². The molecule has 0 aromatic heterocycles. The van der Waals surface area contributed by atoms with Gasteiger partial charge >= 0.3 is 0 Å². The minimum atomic E-state index is 0.307. The van der Waals surface area contributed by atoms with E-state index in [1.165, 1.54) is 71.0 Å². The maximum Gasteiger partial charge on any atom is 0.0710 e. The van der Waals surface area contributed by atoms with Crippen LogP contribution in [0.4, 0.5) is 0 Å². The molecule has 2 heterocycles. The number of nitrogens with one attached hydrogen (secondary N) is 1. The van der Waals surface area contributed by atoms with Crippen molar-refractivity contribution in [2.45, 2.75) is 76.0 Å². The van der Waals surface area contributed by atoms with Gasteiger partial charge in [-0.05, 0) is 51.6 Å². The average Bonchev–Trinajstić information content (AvgIpc) is 3.02. The SMILES string of the molecule is CCNC1CCCN(CC2CCC3(CCCC3)O2)C1. The van der Waals surface area contributed by atoms with Gasteiger partial charge in [0.15, 0.2) is 0 Å². The number of nitrogens with zero attached hydrogens (tertiary/aromatic N) is 1. The highest BCUT2D eigenvalue weighted by Gasteiger charge is 2.42. The third-order valence-corrected chi connectivity index (χ3v) is 5.31. The summed E-state index contributed by atoms with van der Waals surface area (Å²) >= 11 is 0. The lowest BCUT2D eigenvalue weighted by molar-refractivity contribution is -0.0496. The van der Waals surface area contributed by atoms with Crippen LogP contribution in [-0.2, 0) is 4.74 Å². The second-order valence-electron chi connectivity index (χ2n) is 6.83. The van der Waals surface area contributed by atoms with Crippen LogP contribution in [0.25, 0.3) is 0 Å². The average molecular weight is 266 g/mol. The van der Waals surface area contributed by atoms with Crippen molar-refractivity contribution in [3.63, 3.8) is 0 Å². The first-order valence-corrected chi connectivity index (χ1v) is 8.43. The molecular formula is C16H30N2O. The second-order valence-corrected chi connectivity index (χ2v) is 6.83. The predicted molar refractivity (Wildman–Crippen MR) is 78.4 cm³/mol. The molecule has 3 aliphatic rings. The van der Waals surface area contributed by atoms with E-state index in [2.05, 4.69) is 17.1 Å². The van der Waals surface area contributed by atoms with E-state index in [1.54, 1.807) is 0 Å². The van der Waals surface area contributed by atoms with Crippen molar-refractivity contribution in [3.8, 4) is 0 Å². The Labute approximate surface area is 118 Å². The van der Waals surface area contributed by atoms with Crippen LogP contribution in [0.5, 0.6) is 0 Å². The molecule has 3 nitrogen and oxygen atoms in total. The number of ether oxygens (including phenoxy) is 1. The minimum absolute atomic E-state index is 0.307. The van der Waals surface area contributed by atoms with Gasteiger partial charge in [-0.25, -0.2) is 0 Å². The predicted octanol–water partition coefficient (Wildman–Crippen LogP) is 2.55. The number of hydrogen-bond acceptors (Lipinski definition) is 3. The molecule has 0 radical (unpaired) electrons. The molecule has 1 N–H and O–H groups in total. The van der Waals surface area contributed by atoms with E-state index < -0.39 is 0 Å². The number of likely N-dealkylation sites (tertiary alicyclic amines) is 1. The van der Waals surface area contributed by atoms with Crippen LogP contribution in [0.1, 0.15) is 58.3 Å². The Morgan fingerprint density at radius 2 is 2.00 bits per heavy atom. The summed E-state index contributed by atoms with van der Waals surface area (Å²) < 4.78 is 6.45. The smallest absolute Gasteiger partial charge is 0.0710 e. The van der Waals surface area contributed by atoms with E-state index in [-0.39, 0.29) is 0 Å². The zero-order valence-corrected chi connectivity index (χ0v) is 12.5. The van der Waals surface area contributed by atoms with Crippen LogP contribution in [0, 0.1) is 0 Å². The van der Waals surface area contributed by atoms with E-state index in [0.717, 1.165) is 6.54 Å². The van der Waals surface area contributed by atoms with Crippen molar-refractivity contribution in [1.82, 2.24) is 10.2 Å². The fourth-order valence-corrected chi connectivity index (χ4v) is 4.38. The van der Waals surface area contributed by atoms with Crippen molar-refractivity contribution in [1.29, 1.82) is 0 Å². The van der Waals surface area contributed by atoms with Crippen LogP contribution in [0.3, 0.4) is 0 Å². The van der Waals surface area contributed by atoms with Gasteiger partial charge in [0, 0.05) is 19.1 Å². The van der Waals surface area contributed by atoms with E-state index in [4.69, 9.17) is 4.74 Å². The topological polar surface area (TPSA) is 24.5 Å². The Morgan fingerprint density at radius 1 is 1.16 bits per heavy atom. The molecule has 2 unspecified atom stereocenters. The number of likely N-dealkylation sites (N-methyl/N-ethyl adjacent to an activating group) is 1. The summed E-state index contributed by atoms with van der Waals surface area (Å²) in [6, 6.07) is 0.709. The highest BCUT2D eigenvalue weighted by molar-refractivity contribution is 4.94. The van der Waals surface area contributed by atoms with Crippen LogP contribution in [0.2, 0.25) is 0 Å². The monoisotopic (exact) mass is 266 g/mol. The van der Waals surface area contributed by atoms with Gasteiger partial charge in [-0.2, -0.15) is 0 Å². The van der Waals surface area contributed by atoms with E-state index in [0.29, 0.717) is 17.7 Å². The molecule has 2 aliphatic heterocycles. The molecular weight excluding hydrogens is 236 g/mol. The summed E-state index contributed by atoms with van der Waals surface area (Å²) in [5, 5.41) is 3.61. The van der Waals surface area contributed by atoms with Gasteiger partial charge in [0.05, 0.1) is 11.7 Å². The Morgan fingerprint density at radius 3 is 2.79 bits per heavy atom. The Bertz CT molecular complexity index is 286. The normalized spacial score (nSPS) is 35.2. The van der Waals surface area contributed by atoms with Crippen molar-refractivity contribution >= 4 is 0 Å². The lowest BCUT2D eigenvalue weighted by Crippen LogP contribution is -2.48. The lowest BCUT2D eigenvalue weighted by Gasteiger charge is -2.35. The van der Waals surface area contributed by atoms with Gasteiger partial charge in [-0.15, -0.1) is 0 Å². The summed E-state index contributed by atoms with van der Waals surface area (Å²) in [4.78, 5) is 2.63. The maximum absolute atomic E-state index is 6.45. The Kier molecular flexibility index (Phi) is 4.45. The molecule has 2 atom stereocenters. The molecule has 0 aromatic carbocycles. The summed E-state index contributed by atoms with van der Waals surface area (Å²) in [5.74, 6) is 0. The molecule has 1 aliphatic carbocycles. The zero-order valence-electron chi connectivity index (χ0n) is 12.5. The van der Waals surface area contributed by atoms with Crippen molar-refractivity contribution in [3.05, 3.63) is 0 Å². The third-order valence-electron chi connectivity index (χ3n) is 5.31. The van der Waals surface area contributed by atoms with E-state index >= 15 is 0 Å². The molecule has 19 heavy (non-hydrogen) atoms. The van der Waals surface area contributed by atoms with Gasteiger partial charge < -0.3 is 10.1 Å². The second kappa shape index (κ2) is 6.11. The molecule has 0 aromatic rings. The number of piperidine rings is 1. The highest BCUT2D eigenvalue weighted by Crippen LogP contribution is 2.43. The number of rotatable bonds is 4. The van der Waals surface area contributed by atoms with Crippen LogP contribution < -0.4 is 5.32 Å². The fourth-order valence-electron chi connectivity index (χ4n) is 4.38. The number of hydrogen-bond donors (Lipinski definition) is 1. The quantitative estimate of drug-likeness (QED) is 0.846. The first kappa shape index (κ1) is 13.8. The van der Waals surface area contributed by atoms with E-state index in [1.807, 2.05) is 0 Å². The standard InChI is InChI=1S/C16H30N2O/c1-2-17-14-6-5-11-18(12-14)13-15-7-10-16(19-15)8-3-4-9-16/h14-15,17H,2-13H2,1H3. The Hall–Kier alpha value is -0.120. The van der Waals surface area contributed by atoms with Gasteiger partial charge in [-0.3, -0.25) is 4.90 Å². The molecule has 1 saturated carbocycles. The molecule has 3 heteroatoms. The van der Waals surface area contributed by atoms with Crippen LogP contribution in [0.15, 0.2) is 0 Å². The van der Waals surface area contributed by atoms with Gasteiger partial charge in [0.2, 0.25) is 0 Å². The largest absolute Gasteiger partial charge is 0.370 e. The Balaban J connectivity index is 1.46.